The van der Waals surface area contributed by atoms with Crippen molar-refractivity contribution >= 4 is 17.5 Å². The lowest BCUT2D eigenvalue weighted by Crippen LogP contribution is -2.31. The second kappa shape index (κ2) is 7.67. The van der Waals surface area contributed by atoms with Gasteiger partial charge in [0.1, 0.15) is 23.9 Å². The van der Waals surface area contributed by atoms with Crippen molar-refractivity contribution < 1.29 is 14.3 Å². The predicted molar refractivity (Wildman–Crippen MR) is 109 cm³/mol. The third-order valence-corrected chi connectivity index (χ3v) is 4.82. The SMILES string of the molecule is COc1ccc(NC(=O)C2=C(C)Nc3ncnn3[C@H]2c2ccccc2OC)cc1. The number of aromatic nitrogens is 3. The molecule has 0 saturated carbocycles. The first-order chi connectivity index (χ1) is 14.1. The minimum absolute atomic E-state index is 0.239. The number of hydrogen-bond acceptors (Lipinski definition) is 6. The Labute approximate surface area is 168 Å². The number of nitrogens with zero attached hydrogens (tertiary/aromatic N) is 3. The van der Waals surface area contributed by atoms with Gasteiger partial charge in [0, 0.05) is 16.9 Å². The number of para-hydroxylation sites is 1. The van der Waals surface area contributed by atoms with E-state index in [0.29, 0.717) is 28.7 Å². The lowest BCUT2D eigenvalue weighted by atomic mass is 9.94. The summed E-state index contributed by atoms with van der Waals surface area (Å²) in [6, 6.07) is 14.3. The summed E-state index contributed by atoms with van der Waals surface area (Å²) in [4.78, 5) is 17.6. The number of benzene rings is 2. The molecule has 1 aliphatic rings. The number of anilines is 2. The van der Waals surface area contributed by atoms with Crippen LogP contribution in [0.4, 0.5) is 11.6 Å². The first kappa shape index (κ1) is 18.5. The summed E-state index contributed by atoms with van der Waals surface area (Å²) < 4.78 is 12.4. The van der Waals surface area contributed by atoms with Gasteiger partial charge in [0.15, 0.2) is 0 Å². The number of amides is 1. The molecule has 8 heteroatoms. The van der Waals surface area contributed by atoms with Crippen molar-refractivity contribution in [2.24, 2.45) is 0 Å². The maximum Gasteiger partial charge on any atom is 0.255 e. The van der Waals surface area contributed by atoms with Crippen molar-refractivity contribution in [2.45, 2.75) is 13.0 Å². The molecule has 2 N–H and O–H groups in total. The van der Waals surface area contributed by atoms with Crippen LogP contribution in [0.3, 0.4) is 0 Å². The van der Waals surface area contributed by atoms with Crippen LogP contribution in [0.25, 0.3) is 0 Å². The average molecular weight is 391 g/mol. The molecule has 3 aromatic rings. The highest BCUT2D eigenvalue weighted by molar-refractivity contribution is 6.06. The minimum Gasteiger partial charge on any atom is -0.497 e. The van der Waals surface area contributed by atoms with Gasteiger partial charge in [-0.2, -0.15) is 10.1 Å². The molecule has 1 amide bonds. The molecule has 0 radical (unpaired) electrons. The van der Waals surface area contributed by atoms with E-state index in [4.69, 9.17) is 9.47 Å². The zero-order chi connectivity index (χ0) is 20.4. The Morgan fingerprint density at radius 3 is 2.59 bits per heavy atom. The number of carbonyl (C=O) groups excluding carboxylic acids is 1. The van der Waals surface area contributed by atoms with Crippen LogP contribution >= 0.6 is 0 Å². The second-order valence-corrected chi connectivity index (χ2v) is 6.52. The molecule has 1 aromatic heterocycles. The van der Waals surface area contributed by atoms with E-state index in [1.807, 2.05) is 31.2 Å². The van der Waals surface area contributed by atoms with Gasteiger partial charge in [0.25, 0.3) is 5.91 Å². The molecule has 0 spiro atoms. The molecular weight excluding hydrogens is 370 g/mol. The molecule has 29 heavy (non-hydrogen) atoms. The molecule has 4 rings (SSSR count). The average Bonchev–Trinajstić information content (AvgIpc) is 3.21. The molecule has 0 fully saturated rings. The van der Waals surface area contributed by atoms with Gasteiger partial charge in [-0.3, -0.25) is 4.79 Å². The summed E-state index contributed by atoms with van der Waals surface area (Å²) in [7, 11) is 3.21. The Bertz CT molecular complexity index is 1070. The van der Waals surface area contributed by atoms with Crippen LogP contribution < -0.4 is 20.1 Å². The van der Waals surface area contributed by atoms with Crippen LogP contribution in [-0.4, -0.2) is 34.9 Å². The number of methoxy groups -OCH3 is 2. The molecule has 8 nitrogen and oxygen atoms in total. The van der Waals surface area contributed by atoms with Crippen LogP contribution in [0.2, 0.25) is 0 Å². The van der Waals surface area contributed by atoms with Gasteiger partial charge >= 0.3 is 0 Å². The summed E-state index contributed by atoms with van der Waals surface area (Å²) in [5.74, 6) is 1.72. The standard InChI is InChI=1S/C21H21N5O3/c1-13-18(20(27)25-14-8-10-15(28-2)11-9-14)19(26-21(24-13)22-12-23-26)16-6-4-5-7-17(16)29-3/h4-12,19H,1-3H3,(H,25,27)(H,22,23,24)/t19-/m0/s1. The van der Waals surface area contributed by atoms with E-state index in [1.165, 1.54) is 6.33 Å². The quantitative estimate of drug-likeness (QED) is 0.694. The Morgan fingerprint density at radius 2 is 1.86 bits per heavy atom. The van der Waals surface area contributed by atoms with E-state index in [1.54, 1.807) is 43.2 Å². The molecular formula is C21H21N5O3. The monoisotopic (exact) mass is 391 g/mol. The predicted octanol–water partition coefficient (Wildman–Crippen LogP) is 3.22. The number of carbonyl (C=O) groups is 1. The Balaban J connectivity index is 1.75. The largest absolute Gasteiger partial charge is 0.497 e. The van der Waals surface area contributed by atoms with Crippen LogP contribution in [0, 0.1) is 0 Å². The van der Waals surface area contributed by atoms with E-state index < -0.39 is 6.04 Å². The highest BCUT2D eigenvalue weighted by Crippen LogP contribution is 2.38. The van der Waals surface area contributed by atoms with Gasteiger partial charge in [-0.1, -0.05) is 18.2 Å². The number of nitrogens with one attached hydrogen (secondary N) is 2. The van der Waals surface area contributed by atoms with Crippen LogP contribution in [0.1, 0.15) is 18.5 Å². The van der Waals surface area contributed by atoms with E-state index in [2.05, 4.69) is 20.7 Å². The third kappa shape index (κ3) is 3.40. The van der Waals surface area contributed by atoms with Gasteiger partial charge in [0.05, 0.1) is 19.8 Å². The number of rotatable bonds is 5. The van der Waals surface area contributed by atoms with Crippen molar-refractivity contribution in [2.75, 3.05) is 24.9 Å². The summed E-state index contributed by atoms with van der Waals surface area (Å²) in [6.45, 7) is 1.85. The van der Waals surface area contributed by atoms with Gasteiger partial charge in [0.2, 0.25) is 5.95 Å². The smallest absolute Gasteiger partial charge is 0.255 e. The molecule has 1 atom stereocenters. The Morgan fingerprint density at radius 1 is 1.10 bits per heavy atom. The third-order valence-electron chi connectivity index (χ3n) is 4.82. The van der Waals surface area contributed by atoms with Gasteiger partial charge in [-0.25, -0.2) is 4.68 Å². The number of hydrogen-bond donors (Lipinski definition) is 2. The number of allylic oxidation sites excluding steroid dienone is 1. The van der Waals surface area contributed by atoms with Crippen molar-refractivity contribution in [1.29, 1.82) is 0 Å². The fourth-order valence-electron chi connectivity index (χ4n) is 3.44. The van der Waals surface area contributed by atoms with Crippen molar-refractivity contribution in [3.05, 3.63) is 71.7 Å². The second-order valence-electron chi connectivity index (χ2n) is 6.52. The van der Waals surface area contributed by atoms with Gasteiger partial charge in [-0.05, 0) is 37.3 Å². The van der Waals surface area contributed by atoms with Gasteiger partial charge < -0.3 is 20.1 Å². The Hall–Kier alpha value is -3.81. The zero-order valence-corrected chi connectivity index (χ0v) is 16.3. The lowest BCUT2D eigenvalue weighted by molar-refractivity contribution is -0.113. The van der Waals surface area contributed by atoms with Gasteiger partial charge in [-0.15, -0.1) is 0 Å². The maximum atomic E-state index is 13.3. The number of fused-ring (bicyclic) bond motifs is 1. The minimum atomic E-state index is -0.483. The highest BCUT2D eigenvalue weighted by atomic mass is 16.5. The maximum absolute atomic E-state index is 13.3. The highest BCUT2D eigenvalue weighted by Gasteiger charge is 2.35. The van der Waals surface area contributed by atoms with Crippen LogP contribution in [0.15, 0.2) is 66.1 Å². The molecule has 2 heterocycles. The fourth-order valence-corrected chi connectivity index (χ4v) is 3.44. The van der Waals surface area contributed by atoms with Crippen LogP contribution in [0.5, 0.6) is 11.5 Å². The Kier molecular flexibility index (Phi) is 4.90. The summed E-state index contributed by atoms with van der Waals surface area (Å²) in [5.41, 5.74) is 2.72. The molecule has 0 bridgehead atoms. The van der Waals surface area contributed by atoms with E-state index in [9.17, 15) is 4.79 Å². The van der Waals surface area contributed by atoms with Crippen molar-refractivity contribution in [3.8, 4) is 11.5 Å². The molecule has 148 valence electrons. The summed E-state index contributed by atoms with van der Waals surface area (Å²) in [5, 5.41) is 10.5. The fraction of sp³-hybridized carbons (Fsp3) is 0.190. The van der Waals surface area contributed by atoms with Crippen molar-refractivity contribution in [3.63, 3.8) is 0 Å². The topological polar surface area (TPSA) is 90.3 Å². The number of ether oxygens (including phenoxy) is 2. The summed E-state index contributed by atoms with van der Waals surface area (Å²) >= 11 is 0. The molecule has 0 aliphatic carbocycles. The van der Waals surface area contributed by atoms with E-state index >= 15 is 0 Å². The molecule has 2 aromatic carbocycles. The van der Waals surface area contributed by atoms with Crippen molar-refractivity contribution in [1.82, 2.24) is 14.8 Å². The zero-order valence-electron chi connectivity index (χ0n) is 16.3. The van der Waals surface area contributed by atoms with E-state index in [0.717, 1.165) is 11.3 Å². The first-order valence-corrected chi connectivity index (χ1v) is 9.08. The molecule has 1 aliphatic heterocycles. The molecule has 0 saturated heterocycles. The lowest BCUT2D eigenvalue weighted by Gasteiger charge is -2.29. The van der Waals surface area contributed by atoms with Crippen LogP contribution in [-0.2, 0) is 4.79 Å². The first-order valence-electron chi connectivity index (χ1n) is 9.08. The van der Waals surface area contributed by atoms with E-state index in [-0.39, 0.29) is 5.91 Å². The normalized spacial score (nSPS) is 15.3. The molecule has 0 unspecified atom stereocenters. The summed E-state index contributed by atoms with van der Waals surface area (Å²) in [6.07, 6.45) is 1.46.